The van der Waals surface area contributed by atoms with E-state index in [-0.39, 0.29) is 42.0 Å². The molecule has 3 aromatic rings. The highest BCUT2D eigenvalue weighted by Crippen LogP contribution is 2.40. The predicted octanol–water partition coefficient (Wildman–Crippen LogP) is 5.29. The van der Waals surface area contributed by atoms with Gasteiger partial charge in [0.25, 0.3) is 12.4 Å². The van der Waals surface area contributed by atoms with Gasteiger partial charge in [0.15, 0.2) is 5.82 Å². The molecule has 0 bridgehead atoms. The molecule has 3 atom stereocenters. The van der Waals surface area contributed by atoms with Crippen LogP contribution < -0.4 is 15.1 Å². The van der Waals surface area contributed by atoms with Gasteiger partial charge in [-0.25, -0.2) is 23.1 Å². The van der Waals surface area contributed by atoms with Crippen LogP contribution in [0.3, 0.4) is 0 Å². The molecule has 0 spiro atoms. The molecule has 2 aliphatic rings. The number of morpholine rings is 1. The number of halogens is 6. The van der Waals surface area contributed by atoms with Gasteiger partial charge in [-0.15, -0.1) is 0 Å². The lowest BCUT2D eigenvalue weighted by Gasteiger charge is -2.44. The molecule has 0 unspecified atom stereocenters. The Morgan fingerprint density at radius 2 is 1.64 bits per heavy atom. The van der Waals surface area contributed by atoms with Crippen LogP contribution in [0.4, 0.5) is 43.7 Å². The summed E-state index contributed by atoms with van der Waals surface area (Å²) in [4.78, 5) is 35.8. The second-order valence-corrected chi connectivity index (χ2v) is 11.4. The summed E-state index contributed by atoms with van der Waals surface area (Å²) in [5.41, 5.74) is -3.59. The van der Waals surface area contributed by atoms with Crippen molar-refractivity contribution in [2.75, 3.05) is 55.0 Å². The van der Waals surface area contributed by atoms with Crippen LogP contribution in [0.25, 0.3) is 11.1 Å². The first-order valence-electron chi connectivity index (χ1n) is 14.6. The minimum absolute atomic E-state index is 0.0371. The molecule has 2 aliphatic heterocycles. The molecule has 254 valence electrons. The SMILES string of the molecule is C[C@@H]1CN(c2cc(F)c(-c3cnc(N4CCO[C@@H](C)C4)nc3)c(F)c2NC(=O)c2ccc(F)cc2C(F)(F)F)C[C@H](C)N1C.O=CO. The minimum atomic E-state index is -5.07. The van der Waals surface area contributed by atoms with Gasteiger partial charge < -0.3 is 25.0 Å². The molecule has 0 aliphatic carbocycles. The van der Waals surface area contributed by atoms with Gasteiger partial charge in [0.05, 0.1) is 35.1 Å². The zero-order valence-corrected chi connectivity index (χ0v) is 26.0. The van der Waals surface area contributed by atoms with Gasteiger partial charge in [-0.3, -0.25) is 14.5 Å². The Morgan fingerprint density at radius 1 is 1.02 bits per heavy atom. The maximum absolute atomic E-state index is 16.4. The molecule has 0 saturated carbocycles. The molecule has 1 amide bonds. The van der Waals surface area contributed by atoms with E-state index in [1.165, 1.54) is 12.4 Å². The summed E-state index contributed by atoms with van der Waals surface area (Å²) in [5, 5.41) is 9.14. The zero-order chi connectivity index (χ0) is 34.6. The van der Waals surface area contributed by atoms with Crippen molar-refractivity contribution in [1.82, 2.24) is 14.9 Å². The van der Waals surface area contributed by atoms with Gasteiger partial charge in [0.2, 0.25) is 5.95 Å². The third-order valence-corrected chi connectivity index (χ3v) is 8.12. The Hall–Kier alpha value is -4.44. The largest absolute Gasteiger partial charge is 0.483 e. The van der Waals surface area contributed by atoms with Crippen molar-refractivity contribution in [3.63, 3.8) is 0 Å². The summed E-state index contributed by atoms with van der Waals surface area (Å²) in [6, 6.07) is 2.52. The number of piperazine rings is 1. The molecular formula is C31H34F6N6O4. The normalized spacial score (nSPS) is 20.3. The smallest absolute Gasteiger partial charge is 0.417 e. The van der Waals surface area contributed by atoms with Crippen molar-refractivity contribution < 1.29 is 45.8 Å². The highest BCUT2D eigenvalue weighted by atomic mass is 19.4. The number of alkyl halides is 3. The predicted molar refractivity (Wildman–Crippen MR) is 162 cm³/mol. The van der Waals surface area contributed by atoms with Crippen molar-refractivity contribution in [3.8, 4) is 11.1 Å². The van der Waals surface area contributed by atoms with E-state index in [0.717, 1.165) is 6.07 Å². The van der Waals surface area contributed by atoms with Gasteiger partial charge in [-0.2, -0.15) is 13.2 Å². The van der Waals surface area contributed by atoms with Gasteiger partial charge in [0.1, 0.15) is 17.3 Å². The van der Waals surface area contributed by atoms with E-state index in [0.29, 0.717) is 50.9 Å². The number of rotatable bonds is 5. The van der Waals surface area contributed by atoms with Crippen molar-refractivity contribution in [2.45, 2.75) is 45.1 Å². The van der Waals surface area contributed by atoms with Gasteiger partial charge >= 0.3 is 6.18 Å². The lowest BCUT2D eigenvalue weighted by Crippen LogP contribution is -2.55. The summed E-state index contributed by atoms with van der Waals surface area (Å²) in [7, 11) is 1.91. The molecule has 2 fully saturated rings. The minimum Gasteiger partial charge on any atom is -0.483 e. The number of benzene rings is 2. The average Bonchev–Trinajstić information content (AvgIpc) is 3.01. The molecule has 1 aromatic heterocycles. The summed E-state index contributed by atoms with van der Waals surface area (Å²) in [6.07, 6.45) is -2.63. The van der Waals surface area contributed by atoms with E-state index in [2.05, 4.69) is 20.2 Å². The number of carboxylic acid groups (broad SMARTS) is 1. The highest BCUT2D eigenvalue weighted by Gasteiger charge is 2.37. The quantitative estimate of drug-likeness (QED) is 0.277. The number of likely N-dealkylation sites (N-methyl/N-ethyl adjacent to an activating group) is 1. The van der Waals surface area contributed by atoms with E-state index >= 15 is 8.78 Å². The number of hydrogen-bond donors (Lipinski definition) is 2. The number of nitrogens with one attached hydrogen (secondary N) is 1. The summed E-state index contributed by atoms with van der Waals surface area (Å²) >= 11 is 0. The fourth-order valence-corrected chi connectivity index (χ4v) is 5.58. The van der Waals surface area contributed by atoms with Crippen LogP contribution in [0.5, 0.6) is 0 Å². The number of amides is 1. The molecule has 2 saturated heterocycles. The number of anilines is 3. The van der Waals surface area contributed by atoms with Crippen LogP contribution in [0.1, 0.15) is 36.7 Å². The van der Waals surface area contributed by atoms with Gasteiger partial charge in [-0.05, 0) is 46.0 Å². The maximum Gasteiger partial charge on any atom is 0.417 e. The van der Waals surface area contributed by atoms with E-state index in [9.17, 15) is 22.4 Å². The Kier molecular flexibility index (Phi) is 11.0. The number of aromatic nitrogens is 2. The molecular weight excluding hydrogens is 634 g/mol. The first-order valence-corrected chi connectivity index (χ1v) is 14.6. The molecule has 2 N–H and O–H groups in total. The summed E-state index contributed by atoms with van der Waals surface area (Å²) in [6.45, 7) is 7.65. The molecule has 10 nitrogen and oxygen atoms in total. The van der Waals surface area contributed by atoms with Crippen LogP contribution >= 0.6 is 0 Å². The average molecular weight is 669 g/mol. The summed E-state index contributed by atoms with van der Waals surface area (Å²) in [5.74, 6) is -4.37. The number of carbonyl (C=O) groups is 2. The van der Waals surface area contributed by atoms with E-state index in [4.69, 9.17) is 14.6 Å². The number of hydrogen-bond acceptors (Lipinski definition) is 8. The van der Waals surface area contributed by atoms with E-state index in [1.807, 2.05) is 32.7 Å². The van der Waals surface area contributed by atoms with Crippen LogP contribution in [0.15, 0.2) is 36.7 Å². The zero-order valence-electron chi connectivity index (χ0n) is 26.0. The first-order chi connectivity index (χ1) is 22.2. The lowest BCUT2D eigenvalue weighted by atomic mass is 10.0. The van der Waals surface area contributed by atoms with Crippen LogP contribution in [0.2, 0.25) is 0 Å². The van der Waals surface area contributed by atoms with E-state index in [1.54, 1.807) is 4.90 Å². The Labute approximate surface area is 267 Å². The Balaban J connectivity index is 0.00000160. The van der Waals surface area contributed by atoms with Crippen LogP contribution in [-0.4, -0.2) is 90.4 Å². The molecule has 3 heterocycles. The topological polar surface area (TPSA) is 111 Å². The summed E-state index contributed by atoms with van der Waals surface area (Å²) < 4.78 is 92.6. The first kappa shape index (κ1) is 35.4. The maximum atomic E-state index is 16.4. The second-order valence-electron chi connectivity index (χ2n) is 11.4. The molecule has 47 heavy (non-hydrogen) atoms. The highest BCUT2D eigenvalue weighted by molar-refractivity contribution is 6.07. The van der Waals surface area contributed by atoms with Gasteiger partial charge in [0, 0.05) is 62.3 Å². The lowest BCUT2D eigenvalue weighted by molar-refractivity contribution is -0.138. The van der Waals surface area contributed by atoms with Crippen molar-refractivity contribution >= 4 is 29.7 Å². The van der Waals surface area contributed by atoms with Crippen molar-refractivity contribution in [1.29, 1.82) is 0 Å². The molecule has 5 rings (SSSR count). The molecule has 16 heteroatoms. The van der Waals surface area contributed by atoms with E-state index < -0.39 is 51.9 Å². The number of ether oxygens (including phenoxy) is 1. The Bertz CT molecular complexity index is 1580. The standard InChI is InChI=1S/C30H32F6N6O2.CH2O2/c1-16-13-42(14-17(2)40(16)4)24-10-23(32)25(19-11-37-29(38-12-19)41-7-8-44-18(3)15-41)26(33)27(24)39-28(43)21-6-5-20(31)9-22(21)30(34,35)36;2-1-3/h5-6,9-12,16-18H,7-8,13-15H2,1-4H3,(H,39,43);1H,(H,2,3)/t16-,17+,18-;/m0./s1. The molecule has 0 radical (unpaired) electrons. The van der Waals surface area contributed by atoms with Gasteiger partial charge in [-0.1, -0.05) is 0 Å². The number of nitrogens with zero attached hydrogens (tertiary/aromatic N) is 5. The third kappa shape index (κ3) is 7.93. The monoisotopic (exact) mass is 668 g/mol. The number of carbonyl (C=O) groups excluding carboxylic acids is 1. The van der Waals surface area contributed by atoms with Crippen LogP contribution in [0, 0.1) is 17.5 Å². The fourth-order valence-electron chi connectivity index (χ4n) is 5.58. The van der Waals surface area contributed by atoms with Crippen molar-refractivity contribution in [2.24, 2.45) is 0 Å². The fraction of sp³-hybridized carbons (Fsp3) is 0.419. The Morgan fingerprint density at radius 3 is 2.21 bits per heavy atom. The van der Waals surface area contributed by atoms with Crippen molar-refractivity contribution in [3.05, 3.63) is 65.2 Å². The van der Waals surface area contributed by atoms with Crippen LogP contribution in [-0.2, 0) is 15.7 Å². The second kappa shape index (κ2) is 14.5. The molecule has 2 aromatic carbocycles. The third-order valence-electron chi connectivity index (χ3n) is 8.12.